The number of benzene rings is 3. The molecule has 2 heterocycles. The largest absolute Gasteiger partial charge is 0.445 e. The Morgan fingerprint density at radius 1 is 1.13 bits per heavy atom. The smallest absolute Gasteiger partial charge is 0.411 e. The fraction of sp³-hybridized carbons (Fsp3) is 0.241. The van der Waals surface area contributed by atoms with E-state index in [2.05, 4.69) is 18.0 Å². The Morgan fingerprint density at radius 2 is 1.97 bits per heavy atom. The van der Waals surface area contributed by atoms with Gasteiger partial charge < -0.3 is 19.3 Å². The van der Waals surface area contributed by atoms with Crippen LogP contribution in [0.1, 0.15) is 35.5 Å². The third-order valence-electron chi connectivity index (χ3n) is 6.02. The van der Waals surface area contributed by atoms with Gasteiger partial charge in [0.2, 0.25) is 0 Å². The molecule has 0 aliphatic carbocycles. The highest BCUT2D eigenvalue weighted by Gasteiger charge is 2.32. The lowest BCUT2D eigenvalue weighted by Gasteiger charge is -2.36. The van der Waals surface area contributed by atoms with E-state index in [4.69, 9.17) is 19.2 Å². The molecule has 3 unspecified atom stereocenters. The van der Waals surface area contributed by atoms with Gasteiger partial charge in [0.1, 0.15) is 6.61 Å². The van der Waals surface area contributed by atoms with Gasteiger partial charge >= 0.3 is 6.09 Å². The molecule has 1 aliphatic heterocycles. The van der Waals surface area contributed by atoms with Crippen LogP contribution in [-0.2, 0) is 20.8 Å². The third kappa shape index (κ3) is 6.61. The number of hydrogen-bond donors (Lipinski definition) is 2. The molecule has 1 aliphatic rings. The Bertz CT molecular complexity index is 1360. The number of nitrogens with one attached hydrogen (secondary N) is 1. The molecule has 196 valence electrons. The van der Waals surface area contributed by atoms with Gasteiger partial charge in [0.15, 0.2) is 10.6 Å². The highest BCUT2D eigenvalue weighted by molar-refractivity contribution is 8.01. The number of ether oxygens (including phenoxy) is 3. The van der Waals surface area contributed by atoms with Crippen LogP contribution in [0.3, 0.4) is 0 Å². The van der Waals surface area contributed by atoms with Gasteiger partial charge in [-0.3, -0.25) is 5.32 Å². The lowest BCUT2D eigenvalue weighted by atomic mass is 10.0. The number of anilines is 1. The molecule has 5 rings (SSSR count). The van der Waals surface area contributed by atoms with Crippen molar-refractivity contribution in [1.82, 2.24) is 4.98 Å². The van der Waals surface area contributed by atoms with Crippen LogP contribution in [0, 0.1) is 0 Å². The van der Waals surface area contributed by atoms with Gasteiger partial charge in [0, 0.05) is 23.4 Å². The van der Waals surface area contributed by atoms with Crippen molar-refractivity contribution in [3.63, 3.8) is 0 Å². The summed E-state index contributed by atoms with van der Waals surface area (Å²) in [4.78, 5) is 16.8. The normalized spacial score (nSPS) is 19.2. The summed E-state index contributed by atoms with van der Waals surface area (Å²) >= 11 is 3.37. The number of aliphatic hydroxyl groups is 1. The molecule has 1 aromatic heterocycles. The number of aromatic nitrogens is 1. The molecule has 0 radical (unpaired) electrons. The van der Waals surface area contributed by atoms with Crippen molar-refractivity contribution in [3.05, 3.63) is 102 Å². The lowest BCUT2D eigenvalue weighted by Crippen LogP contribution is -2.31. The van der Waals surface area contributed by atoms with Gasteiger partial charge in [-0.05, 0) is 35.4 Å². The van der Waals surface area contributed by atoms with E-state index in [0.29, 0.717) is 12.1 Å². The predicted molar refractivity (Wildman–Crippen MR) is 150 cm³/mol. The fourth-order valence-electron chi connectivity index (χ4n) is 4.15. The molecule has 0 bridgehead atoms. The summed E-state index contributed by atoms with van der Waals surface area (Å²) in [6.07, 6.45) is 0.717. The molecule has 1 saturated heterocycles. The highest BCUT2D eigenvalue weighted by Crippen LogP contribution is 2.40. The average molecular weight is 549 g/mol. The van der Waals surface area contributed by atoms with E-state index in [-0.39, 0.29) is 25.4 Å². The SMILES string of the molecule is C=CCOC(=O)Nc1cccc(C2OC(CSc3nc4ccccc4s3)CC(c3ccc(CO)cc3)O2)c1. The van der Waals surface area contributed by atoms with Gasteiger partial charge in [-0.25, -0.2) is 9.78 Å². The number of nitrogens with zero attached hydrogens (tertiary/aromatic N) is 1. The first-order chi connectivity index (χ1) is 18.6. The van der Waals surface area contributed by atoms with E-state index in [9.17, 15) is 9.90 Å². The first kappa shape index (κ1) is 26.4. The van der Waals surface area contributed by atoms with Crippen LogP contribution in [0.2, 0.25) is 0 Å². The number of fused-ring (bicyclic) bond motifs is 1. The minimum atomic E-state index is -0.627. The molecular formula is C29H28N2O5S2. The van der Waals surface area contributed by atoms with E-state index in [1.54, 1.807) is 29.2 Å². The topological polar surface area (TPSA) is 89.9 Å². The molecule has 1 amide bonds. The van der Waals surface area contributed by atoms with Crippen molar-refractivity contribution in [2.45, 2.75) is 35.9 Å². The quantitative estimate of drug-likeness (QED) is 0.174. The molecule has 0 spiro atoms. The maximum Gasteiger partial charge on any atom is 0.411 e. The van der Waals surface area contributed by atoms with Crippen molar-refractivity contribution >= 4 is 45.1 Å². The zero-order chi connectivity index (χ0) is 26.3. The van der Waals surface area contributed by atoms with Gasteiger partial charge in [-0.2, -0.15) is 0 Å². The monoisotopic (exact) mass is 548 g/mol. The molecule has 1 fully saturated rings. The van der Waals surface area contributed by atoms with Crippen molar-refractivity contribution in [2.24, 2.45) is 0 Å². The average Bonchev–Trinajstić information content (AvgIpc) is 3.38. The van der Waals surface area contributed by atoms with E-state index in [0.717, 1.165) is 32.3 Å². The Balaban J connectivity index is 1.34. The maximum absolute atomic E-state index is 12.0. The number of carbonyl (C=O) groups excluding carboxylic acids is 1. The molecule has 4 aromatic rings. The van der Waals surface area contributed by atoms with E-state index >= 15 is 0 Å². The second kappa shape index (κ2) is 12.6. The van der Waals surface area contributed by atoms with Crippen LogP contribution in [0.15, 0.2) is 89.8 Å². The molecule has 2 N–H and O–H groups in total. The highest BCUT2D eigenvalue weighted by atomic mass is 32.2. The summed E-state index contributed by atoms with van der Waals surface area (Å²) in [7, 11) is 0. The summed E-state index contributed by atoms with van der Waals surface area (Å²) < 4.78 is 20.1. The Hall–Kier alpha value is -3.21. The zero-order valence-corrected chi connectivity index (χ0v) is 22.3. The number of aliphatic hydroxyl groups excluding tert-OH is 1. The first-order valence-corrected chi connectivity index (χ1v) is 14.0. The lowest BCUT2D eigenvalue weighted by molar-refractivity contribution is -0.245. The standard InChI is InChI=1S/C29H28N2O5S2/c1-2-14-34-28(33)30-22-7-5-6-21(15-22)27-35-23(16-25(36-27)20-12-10-19(17-32)11-13-20)18-37-29-31-24-8-3-4-9-26(24)38-29/h2-13,15,23,25,27,32H,1,14,16-18H2,(H,30,33). The van der Waals surface area contributed by atoms with Crippen molar-refractivity contribution < 1.29 is 24.1 Å². The number of amides is 1. The Morgan fingerprint density at radius 3 is 2.76 bits per heavy atom. The van der Waals surface area contributed by atoms with Crippen molar-refractivity contribution in [3.8, 4) is 0 Å². The summed E-state index contributed by atoms with van der Waals surface area (Å²) in [5, 5.41) is 12.2. The number of hydrogen-bond acceptors (Lipinski definition) is 8. The summed E-state index contributed by atoms with van der Waals surface area (Å²) in [5.74, 6) is 0.719. The number of rotatable bonds is 9. The Kier molecular flexibility index (Phi) is 8.72. The second-order valence-corrected chi connectivity index (χ2v) is 11.0. The van der Waals surface area contributed by atoms with Crippen molar-refractivity contribution in [2.75, 3.05) is 17.7 Å². The molecule has 9 heteroatoms. The van der Waals surface area contributed by atoms with Gasteiger partial charge in [0.05, 0.1) is 29.0 Å². The fourth-order valence-corrected chi connectivity index (χ4v) is 6.26. The van der Waals surface area contributed by atoms with Crippen LogP contribution < -0.4 is 5.32 Å². The molecule has 7 nitrogen and oxygen atoms in total. The number of thiazole rings is 1. The maximum atomic E-state index is 12.0. The van der Waals surface area contributed by atoms with E-state index in [1.807, 2.05) is 60.7 Å². The summed E-state index contributed by atoms with van der Waals surface area (Å²) in [5.41, 5.74) is 4.25. The minimum Gasteiger partial charge on any atom is -0.445 e. The van der Waals surface area contributed by atoms with Crippen molar-refractivity contribution in [1.29, 1.82) is 0 Å². The van der Waals surface area contributed by atoms with Crippen LogP contribution in [0.5, 0.6) is 0 Å². The summed E-state index contributed by atoms with van der Waals surface area (Å²) in [6.45, 7) is 3.68. The van der Waals surface area contributed by atoms with Crippen LogP contribution in [-0.4, -0.2) is 34.6 Å². The summed E-state index contributed by atoms with van der Waals surface area (Å²) in [6, 6.07) is 23.3. The van der Waals surface area contributed by atoms with Gasteiger partial charge in [-0.15, -0.1) is 11.3 Å². The van der Waals surface area contributed by atoms with Gasteiger partial charge in [-0.1, -0.05) is 72.9 Å². The number of thioether (sulfide) groups is 1. The Labute approximate surface area is 229 Å². The molecule has 38 heavy (non-hydrogen) atoms. The second-order valence-electron chi connectivity index (χ2n) is 8.75. The minimum absolute atomic E-state index is 0.00595. The zero-order valence-electron chi connectivity index (χ0n) is 20.6. The number of carbonyl (C=O) groups is 1. The van der Waals surface area contributed by atoms with E-state index < -0.39 is 12.4 Å². The molecule has 0 saturated carbocycles. The number of para-hydroxylation sites is 1. The van der Waals surface area contributed by atoms with Crippen LogP contribution in [0.25, 0.3) is 10.2 Å². The molecule has 3 atom stereocenters. The van der Waals surface area contributed by atoms with Gasteiger partial charge in [0.25, 0.3) is 0 Å². The van der Waals surface area contributed by atoms with E-state index in [1.165, 1.54) is 10.8 Å². The predicted octanol–water partition coefficient (Wildman–Crippen LogP) is 6.86. The first-order valence-electron chi connectivity index (χ1n) is 12.2. The molecule has 3 aromatic carbocycles. The molecular weight excluding hydrogens is 520 g/mol. The van der Waals surface area contributed by atoms with Crippen LogP contribution in [0.4, 0.5) is 10.5 Å². The van der Waals surface area contributed by atoms with Crippen LogP contribution >= 0.6 is 23.1 Å². The third-order valence-corrected chi connectivity index (χ3v) is 8.33.